The summed E-state index contributed by atoms with van der Waals surface area (Å²) in [7, 11) is 0. The van der Waals surface area contributed by atoms with Crippen LogP contribution in [0.2, 0.25) is 0 Å². The Morgan fingerprint density at radius 3 is 1.38 bits per heavy atom. The highest BCUT2D eigenvalue weighted by Crippen LogP contribution is 2.49. The smallest absolute Gasteiger partial charge is 0.227 e. The zero-order valence-corrected chi connectivity index (χ0v) is 29.5. The van der Waals surface area contributed by atoms with Gasteiger partial charge in [-0.3, -0.25) is 0 Å². The summed E-state index contributed by atoms with van der Waals surface area (Å²) >= 11 is 1.80. The van der Waals surface area contributed by atoms with E-state index in [2.05, 4.69) is 193 Å². The number of hydrogen-bond acceptors (Lipinski definition) is 4. The number of anilines is 3. The van der Waals surface area contributed by atoms with Gasteiger partial charge in [-0.2, -0.15) is 0 Å². The molecule has 0 N–H and O–H groups in total. The number of fused-ring (bicyclic) bond motifs is 4. The number of nitrogens with zero attached hydrogens (tertiary/aromatic N) is 2. The maximum atomic E-state index is 6.71. The fraction of sp³-hybridized carbons (Fsp3) is 0. The largest absolute Gasteiger partial charge is 0.436 e. The summed E-state index contributed by atoms with van der Waals surface area (Å²) in [5.41, 5.74) is 12.7. The molecule has 0 atom stereocenters. The average molecular weight is 697 g/mol. The van der Waals surface area contributed by atoms with Crippen LogP contribution in [-0.2, 0) is 0 Å². The first kappa shape index (κ1) is 31.0. The number of benzene rings is 8. The molecule has 0 fully saturated rings. The molecule has 0 amide bonds. The second-order valence-corrected chi connectivity index (χ2v) is 14.2. The van der Waals surface area contributed by atoms with Gasteiger partial charge in [0.15, 0.2) is 5.58 Å². The van der Waals surface area contributed by atoms with Crippen LogP contribution in [-0.4, -0.2) is 4.98 Å². The average Bonchev–Trinajstić information content (AvgIpc) is 3.84. The third-order valence-corrected chi connectivity index (χ3v) is 11.1. The molecule has 0 saturated heterocycles. The Balaban J connectivity index is 1.19. The quantitative estimate of drug-likeness (QED) is 0.166. The summed E-state index contributed by atoms with van der Waals surface area (Å²) in [6.07, 6.45) is 0. The van der Waals surface area contributed by atoms with Gasteiger partial charge in [0.1, 0.15) is 5.52 Å². The molecule has 10 aromatic rings. The van der Waals surface area contributed by atoms with Gasteiger partial charge in [-0.25, -0.2) is 4.98 Å². The van der Waals surface area contributed by atoms with E-state index in [0.717, 1.165) is 49.4 Å². The molecule has 0 aliphatic carbocycles. The van der Waals surface area contributed by atoms with Crippen LogP contribution in [0.1, 0.15) is 0 Å². The lowest BCUT2D eigenvalue weighted by molar-refractivity contribution is 0.620. The molecule has 3 nitrogen and oxygen atoms in total. The van der Waals surface area contributed by atoms with Crippen LogP contribution >= 0.6 is 11.3 Å². The minimum atomic E-state index is 0.599. The molecule has 0 bridgehead atoms. The molecule has 0 radical (unpaired) electrons. The standard InChI is InChI=1S/C49H32N2OS/c1-4-12-33(13-5-1)36-20-22-39(23-21-36)49-50-46-44(52-49)32-43-42-18-10-11-19-45(42)53-48(43)47(46)51(40-28-24-37(25-29-40)34-14-6-2-7-15-34)41-30-26-38(27-31-41)35-16-8-3-9-17-35/h1-32H. The highest BCUT2D eigenvalue weighted by molar-refractivity contribution is 7.26. The Hall–Kier alpha value is -6.75. The number of oxazole rings is 1. The van der Waals surface area contributed by atoms with E-state index < -0.39 is 0 Å². The second-order valence-electron chi connectivity index (χ2n) is 13.2. The summed E-state index contributed by atoms with van der Waals surface area (Å²) < 4.78 is 9.10. The monoisotopic (exact) mass is 696 g/mol. The molecule has 0 spiro atoms. The van der Waals surface area contributed by atoms with Crippen molar-refractivity contribution in [2.75, 3.05) is 4.90 Å². The van der Waals surface area contributed by atoms with Gasteiger partial charge >= 0.3 is 0 Å². The molecule has 4 heteroatoms. The molecule has 2 heterocycles. The Morgan fingerprint density at radius 2 is 0.849 bits per heavy atom. The fourth-order valence-corrected chi connectivity index (χ4v) is 8.48. The van der Waals surface area contributed by atoms with E-state index in [9.17, 15) is 0 Å². The number of thiophene rings is 1. The summed E-state index contributed by atoms with van der Waals surface area (Å²) in [4.78, 5) is 7.66. The fourth-order valence-electron chi connectivity index (χ4n) is 7.26. The minimum absolute atomic E-state index is 0.599. The van der Waals surface area contributed by atoms with Crippen LogP contribution in [0, 0.1) is 0 Å². The zero-order chi connectivity index (χ0) is 35.1. The van der Waals surface area contributed by atoms with E-state index in [0.29, 0.717) is 5.89 Å². The molecule has 250 valence electrons. The molecular weight excluding hydrogens is 665 g/mol. The Kier molecular flexibility index (Phi) is 7.67. The molecule has 10 rings (SSSR count). The van der Waals surface area contributed by atoms with Gasteiger partial charge in [-0.1, -0.05) is 146 Å². The normalized spacial score (nSPS) is 11.4. The van der Waals surface area contributed by atoms with Crippen LogP contribution < -0.4 is 4.90 Å². The first-order valence-electron chi connectivity index (χ1n) is 17.8. The van der Waals surface area contributed by atoms with Crippen LogP contribution in [0.5, 0.6) is 0 Å². The highest BCUT2D eigenvalue weighted by Gasteiger charge is 2.25. The molecule has 2 aromatic heterocycles. The van der Waals surface area contributed by atoms with Gasteiger partial charge in [0.25, 0.3) is 0 Å². The zero-order valence-electron chi connectivity index (χ0n) is 28.7. The summed E-state index contributed by atoms with van der Waals surface area (Å²) in [6.45, 7) is 0. The van der Waals surface area contributed by atoms with Crippen molar-refractivity contribution in [3.05, 3.63) is 194 Å². The number of hydrogen-bond donors (Lipinski definition) is 0. The third kappa shape index (κ3) is 5.66. The van der Waals surface area contributed by atoms with E-state index in [1.807, 2.05) is 6.07 Å². The highest BCUT2D eigenvalue weighted by atomic mass is 32.1. The van der Waals surface area contributed by atoms with Crippen molar-refractivity contribution in [3.63, 3.8) is 0 Å². The van der Waals surface area contributed by atoms with E-state index in [1.165, 1.54) is 37.9 Å². The van der Waals surface area contributed by atoms with Crippen molar-refractivity contribution in [1.29, 1.82) is 0 Å². The molecular formula is C49H32N2OS. The van der Waals surface area contributed by atoms with Crippen LogP contribution in [0.3, 0.4) is 0 Å². The summed E-state index contributed by atoms with van der Waals surface area (Å²) in [5, 5.41) is 2.36. The van der Waals surface area contributed by atoms with Gasteiger partial charge < -0.3 is 9.32 Å². The van der Waals surface area contributed by atoms with Crippen molar-refractivity contribution in [2.24, 2.45) is 0 Å². The van der Waals surface area contributed by atoms with E-state index in [1.54, 1.807) is 11.3 Å². The predicted molar refractivity (Wildman–Crippen MR) is 223 cm³/mol. The minimum Gasteiger partial charge on any atom is -0.436 e. The molecule has 0 unspecified atom stereocenters. The summed E-state index contributed by atoms with van der Waals surface area (Å²) in [5.74, 6) is 0.599. The van der Waals surface area contributed by atoms with Gasteiger partial charge in [0, 0.05) is 32.4 Å². The maximum Gasteiger partial charge on any atom is 0.227 e. The van der Waals surface area contributed by atoms with Crippen molar-refractivity contribution >= 4 is 59.7 Å². The molecule has 0 aliphatic heterocycles. The molecule has 0 aliphatic rings. The number of aromatic nitrogens is 1. The van der Waals surface area contributed by atoms with E-state index in [4.69, 9.17) is 9.40 Å². The van der Waals surface area contributed by atoms with Crippen LogP contribution in [0.4, 0.5) is 17.1 Å². The van der Waals surface area contributed by atoms with Crippen LogP contribution in [0.25, 0.3) is 76.1 Å². The van der Waals surface area contributed by atoms with E-state index >= 15 is 0 Å². The number of rotatable bonds is 7. The molecule has 0 saturated carbocycles. The first-order valence-corrected chi connectivity index (χ1v) is 18.6. The lowest BCUT2D eigenvalue weighted by Gasteiger charge is -2.26. The third-order valence-electron chi connectivity index (χ3n) is 9.93. The van der Waals surface area contributed by atoms with Crippen molar-refractivity contribution in [1.82, 2.24) is 4.98 Å². The molecule has 53 heavy (non-hydrogen) atoms. The topological polar surface area (TPSA) is 29.3 Å². The van der Waals surface area contributed by atoms with Crippen molar-refractivity contribution < 1.29 is 4.42 Å². The van der Waals surface area contributed by atoms with E-state index in [-0.39, 0.29) is 0 Å². The Labute approximate surface area is 311 Å². The van der Waals surface area contributed by atoms with Crippen LogP contribution in [0.15, 0.2) is 199 Å². The van der Waals surface area contributed by atoms with Gasteiger partial charge in [0.05, 0.1) is 10.4 Å². The first-order chi connectivity index (χ1) is 26.3. The summed E-state index contributed by atoms with van der Waals surface area (Å²) in [6, 6.07) is 68.5. The second kappa shape index (κ2) is 13.1. The SMILES string of the molecule is c1ccc(-c2ccc(-c3nc4c(N(c5ccc(-c6ccccc6)cc5)c5ccc(-c6ccccc6)cc5)c5sc6ccccc6c5cc4o3)cc2)cc1. The van der Waals surface area contributed by atoms with Crippen molar-refractivity contribution in [3.8, 4) is 44.8 Å². The maximum absolute atomic E-state index is 6.71. The van der Waals surface area contributed by atoms with Gasteiger partial charge in [-0.15, -0.1) is 11.3 Å². The Bertz CT molecular complexity index is 2760. The van der Waals surface area contributed by atoms with Gasteiger partial charge in [-0.05, 0) is 81.9 Å². The molecule has 8 aromatic carbocycles. The Morgan fingerprint density at radius 1 is 0.415 bits per heavy atom. The lowest BCUT2D eigenvalue weighted by Crippen LogP contribution is -2.11. The van der Waals surface area contributed by atoms with Crippen molar-refractivity contribution in [2.45, 2.75) is 0 Å². The predicted octanol–water partition coefficient (Wildman–Crippen LogP) is 14.3. The van der Waals surface area contributed by atoms with Gasteiger partial charge in [0.2, 0.25) is 5.89 Å². The lowest BCUT2D eigenvalue weighted by atomic mass is 10.0.